The van der Waals surface area contributed by atoms with Gasteiger partial charge in [0, 0.05) is 11.0 Å². The standard InChI is InChI=1S/C13H16BrFN4/c1-9(2)7-19-12(17-8-18-19)6-16-13-10(14)4-3-5-11(13)15/h3-5,8-9,16H,6-7H2,1-2H3. The smallest absolute Gasteiger partial charge is 0.147 e. The number of para-hydroxylation sites is 1. The molecule has 0 saturated heterocycles. The summed E-state index contributed by atoms with van der Waals surface area (Å²) in [6.45, 7) is 5.47. The van der Waals surface area contributed by atoms with E-state index >= 15 is 0 Å². The van der Waals surface area contributed by atoms with Crippen molar-refractivity contribution in [3.05, 3.63) is 40.6 Å². The second kappa shape index (κ2) is 6.14. The normalized spacial score (nSPS) is 11.0. The predicted octanol–water partition coefficient (Wildman–Crippen LogP) is 3.45. The number of aromatic nitrogens is 3. The Hall–Kier alpha value is -1.43. The molecule has 2 aromatic rings. The zero-order valence-corrected chi connectivity index (χ0v) is 12.5. The van der Waals surface area contributed by atoms with Gasteiger partial charge in [-0.15, -0.1) is 0 Å². The van der Waals surface area contributed by atoms with E-state index < -0.39 is 0 Å². The highest BCUT2D eigenvalue weighted by Crippen LogP contribution is 2.25. The molecule has 0 atom stereocenters. The number of rotatable bonds is 5. The summed E-state index contributed by atoms with van der Waals surface area (Å²) in [5.41, 5.74) is 0.446. The van der Waals surface area contributed by atoms with Gasteiger partial charge in [-0.2, -0.15) is 5.10 Å². The van der Waals surface area contributed by atoms with Crippen LogP contribution >= 0.6 is 15.9 Å². The van der Waals surface area contributed by atoms with Gasteiger partial charge < -0.3 is 5.32 Å². The summed E-state index contributed by atoms with van der Waals surface area (Å²) < 4.78 is 16.2. The predicted molar refractivity (Wildman–Crippen MR) is 76.3 cm³/mol. The van der Waals surface area contributed by atoms with E-state index in [0.717, 1.165) is 12.4 Å². The van der Waals surface area contributed by atoms with Crippen LogP contribution < -0.4 is 5.32 Å². The number of nitrogens with one attached hydrogen (secondary N) is 1. The Kier molecular flexibility index (Phi) is 4.52. The van der Waals surface area contributed by atoms with Gasteiger partial charge in [-0.25, -0.2) is 14.1 Å². The molecule has 1 N–H and O–H groups in total. The fraction of sp³-hybridized carbons (Fsp3) is 0.385. The average molecular weight is 327 g/mol. The molecule has 4 nitrogen and oxygen atoms in total. The second-order valence-electron chi connectivity index (χ2n) is 4.70. The minimum atomic E-state index is -0.288. The summed E-state index contributed by atoms with van der Waals surface area (Å²) in [5.74, 6) is 0.994. The van der Waals surface area contributed by atoms with Gasteiger partial charge in [-0.3, -0.25) is 0 Å². The van der Waals surface area contributed by atoms with Gasteiger partial charge in [0.2, 0.25) is 0 Å². The molecule has 1 aromatic heterocycles. The summed E-state index contributed by atoms with van der Waals surface area (Å²) >= 11 is 3.32. The molecule has 0 bridgehead atoms. The van der Waals surface area contributed by atoms with E-state index in [1.54, 1.807) is 12.1 Å². The maximum atomic E-state index is 13.7. The molecule has 6 heteroatoms. The van der Waals surface area contributed by atoms with Crippen molar-refractivity contribution in [2.75, 3.05) is 5.32 Å². The Morgan fingerprint density at radius 2 is 2.21 bits per heavy atom. The first-order valence-electron chi connectivity index (χ1n) is 6.12. The topological polar surface area (TPSA) is 42.7 Å². The summed E-state index contributed by atoms with van der Waals surface area (Å²) in [6, 6.07) is 4.88. The lowest BCUT2D eigenvalue weighted by Gasteiger charge is -2.11. The second-order valence-corrected chi connectivity index (χ2v) is 5.56. The van der Waals surface area contributed by atoms with Gasteiger partial charge in [0.25, 0.3) is 0 Å². The summed E-state index contributed by atoms with van der Waals surface area (Å²) in [7, 11) is 0. The van der Waals surface area contributed by atoms with Crippen LogP contribution in [0.1, 0.15) is 19.7 Å². The first-order valence-corrected chi connectivity index (χ1v) is 6.91. The van der Waals surface area contributed by atoms with Crippen LogP contribution in [0.4, 0.5) is 10.1 Å². The van der Waals surface area contributed by atoms with Crippen molar-refractivity contribution in [3.8, 4) is 0 Å². The molecule has 102 valence electrons. The van der Waals surface area contributed by atoms with Crippen LogP contribution in [0.3, 0.4) is 0 Å². The fourth-order valence-corrected chi connectivity index (χ4v) is 2.24. The molecule has 1 heterocycles. The minimum Gasteiger partial charge on any atom is -0.374 e. The summed E-state index contributed by atoms with van der Waals surface area (Å²) in [5, 5.41) is 7.23. The van der Waals surface area contributed by atoms with E-state index in [0.29, 0.717) is 22.6 Å². The van der Waals surface area contributed by atoms with E-state index in [2.05, 4.69) is 45.2 Å². The van der Waals surface area contributed by atoms with Crippen LogP contribution in [0.5, 0.6) is 0 Å². The SMILES string of the molecule is CC(C)Cn1ncnc1CNc1c(F)cccc1Br. The summed E-state index contributed by atoms with van der Waals surface area (Å²) in [6.07, 6.45) is 1.52. The van der Waals surface area contributed by atoms with Crippen molar-refractivity contribution in [2.45, 2.75) is 26.9 Å². The van der Waals surface area contributed by atoms with Crippen LogP contribution in [-0.2, 0) is 13.1 Å². The highest BCUT2D eigenvalue weighted by atomic mass is 79.9. The monoisotopic (exact) mass is 326 g/mol. The molecule has 19 heavy (non-hydrogen) atoms. The lowest BCUT2D eigenvalue weighted by Crippen LogP contribution is -2.13. The van der Waals surface area contributed by atoms with Crippen molar-refractivity contribution in [3.63, 3.8) is 0 Å². The molecule has 1 aromatic carbocycles. The van der Waals surface area contributed by atoms with Crippen molar-refractivity contribution < 1.29 is 4.39 Å². The third kappa shape index (κ3) is 3.53. The third-order valence-electron chi connectivity index (χ3n) is 2.62. The van der Waals surface area contributed by atoms with Gasteiger partial charge in [-0.1, -0.05) is 19.9 Å². The molecule has 0 aliphatic rings. The zero-order chi connectivity index (χ0) is 13.8. The Labute approximate surface area is 120 Å². The van der Waals surface area contributed by atoms with Crippen LogP contribution in [-0.4, -0.2) is 14.8 Å². The molecule has 0 unspecified atom stereocenters. The van der Waals surface area contributed by atoms with Gasteiger partial charge >= 0.3 is 0 Å². The molecular formula is C13H16BrFN4. The number of hydrogen-bond acceptors (Lipinski definition) is 3. The van der Waals surface area contributed by atoms with Crippen molar-refractivity contribution in [1.82, 2.24) is 14.8 Å². The number of nitrogens with zero attached hydrogens (tertiary/aromatic N) is 3. The molecule has 0 fully saturated rings. The highest BCUT2D eigenvalue weighted by molar-refractivity contribution is 9.10. The Morgan fingerprint density at radius 3 is 2.89 bits per heavy atom. The molecule has 0 spiro atoms. The van der Waals surface area contributed by atoms with E-state index in [4.69, 9.17) is 0 Å². The number of anilines is 1. The third-order valence-corrected chi connectivity index (χ3v) is 3.28. The molecule has 0 aliphatic carbocycles. The van der Waals surface area contributed by atoms with Gasteiger partial charge in [-0.05, 0) is 34.0 Å². The van der Waals surface area contributed by atoms with Crippen LogP contribution in [0.25, 0.3) is 0 Å². The van der Waals surface area contributed by atoms with E-state index in [-0.39, 0.29) is 5.82 Å². The van der Waals surface area contributed by atoms with Crippen LogP contribution in [0, 0.1) is 11.7 Å². The van der Waals surface area contributed by atoms with Crippen molar-refractivity contribution in [1.29, 1.82) is 0 Å². The first-order chi connectivity index (χ1) is 9.08. The number of halogens is 2. The average Bonchev–Trinajstić information content (AvgIpc) is 2.75. The zero-order valence-electron chi connectivity index (χ0n) is 10.9. The lowest BCUT2D eigenvalue weighted by atomic mass is 10.2. The Balaban J connectivity index is 2.09. The minimum absolute atomic E-state index is 0.288. The quantitative estimate of drug-likeness (QED) is 0.915. The lowest BCUT2D eigenvalue weighted by molar-refractivity contribution is 0.468. The molecule has 0 radical (unpaired) electrons. The number of benzene rings is 1. The maximum Gasteiger partial charge on any atom is 0.147 e. The fourth-order valence-electron chi connectivity index (χ4n) is 1.76. The van der Waals surface area contributed by atoms with E-state index in [1.807, 2.05) is 4.68 Å². The van der Waals surface area contributed by atoms with Crippen molar-refractivity contribution >= 4 is 21.6 Å². The van der Waals surface area contributed by atoms with Gasteiger partial charge in [0.05, 0.1) is 12.2 Å². The van der Waals surface area contributed by atoms with Crippen LogP contribution in [0.15, 0.2) is 29.0 Å². The largest absolute Gasteiger partial charge is 0.374 e. The van der Waals surface area contributed by atoms with Gasteiger partial charge in [0.1, 0.15) is 18.0 Å². The van der Waals surface area contributed by atoms with Crippen molar-refractivity contribution in [2.24, 2.45) is 5.92 Å². The van der Waals surface area contributed by atoms with Gasteiger partial charge in [0.15, 0.2) is 0 Å². The van der Waals surface area contributed by atoms with Crippen LogP contribution in [0.2, 0.25) is 0 Å². The molecule has 0 amide bonds. The molecular weight excluding hydrogens is 311 g/mol. The first kappa shape index (κ1) is 14.0. The molecule has 2 rings (SSSR count). The maximum absolute atomic E-state index is 13.7. The van der Waals surface area contributed by atoms with E-state index in [1.165, 1.54) is 12.4 Å². The molecule has 0 saturated carbocycles. The Morgan fingerprint density at radius 1 is 1.42 bits per heavy atom. The Bertz CT molecular complexity index is 533. The molecule has 0 aliphatic heterocycles. The highest BCUT2D eigenvalue weighted by Gasteiger charge is 2.09. The van der Waals surface area contributed by atoms with E-state index in [9.17, 15) is 4.39 Å². The number of hydrogen-bond donors (Lipinski definition) is 1. The summed E-state index contributed by atoms with van der Waals surface area (Å²) in [4.78, 5) is 4.20.